The first kappa shape index (κ1) is 32.1. The van der Waals surface area contributed by atoms with Crippen LogP contribution >= 0.6 is 0 Å². The molecule has 1 aromatic carbocycles. The lowest BCUT2D eigenvalue weighted by Gasteiger charge is -2.17. The lowest BCUT2D eigenvalue weighted by Crippen LogP contribution is -2.14. The fourth-order valence-electron chi connectivity index (χ4n) is 4.48. The van der Waals surface area contributed by atoms with E-state index in [2.05, 4.69) is 38.1 Å². The van der Waals surface area contributed by atoms with Gasteiger partial charge in [0.2, 0.25) is 0 Å². The van der Waals surface area contributed by atoms with Crippen LogP contribution in [0.25, 0.3) is 0 Å². The topological polar surface area (TPSA) is 98.0 Å². The van der Waals surface area contributed by atoms with Crippen LogP contribution in [0.4, 0.5) is 0 Å². The molecule has 0 aliphatic rings. The van der Waals surface area contributed by atoms with E-state index in [9.17, 15) is 20.1 Å². The van der Waals surface area contributed by atoms with Crippen LogP contribution in [0, 0.1) is 0 Å². The van der Waals surface area contributed by atoms with E-state index in [1.807, 2.05) is 12.2 Å². The molecule has 0 spiro atoms. The van der Waals surface area contributed by atoms with Crippen molar-refractivity contribution < 1.29 is 25.2 Å². The van der Waals surface area contributed by atoms with Crippen LogP contribution in [0.1, 0.15) is 108 Å². The standard InChI is InChI=1S/C31H50O5/c1-3-5-9-16-29(33)21-20-27(19-18-26-14-12-13-25(4-2)22-26)28(23-30(34)24-32)15-10-7-6-8-11-17-31(35)36/h12-14,20-22,29-30,32-34H,3-11,15-19,23-24H2,1-2H3,(H,35,36). The number of aliphatic hydroxyl groups excluding tert-OH is 3. The van der Waals surface area contributed by atoms with Crippen molar-refractivity contribution in [1.29, 1.82) is 0 Å². The summed E-state index contributed by atoms with van der Waals surface area (Å²) in [7, 11) is 0. The molecule has 0 bridgehead atoms. The average molecular weight is 503 g/mol. The first-order valence-corrected chi connectivity index (χ1v) is 14.0. The number of unbranched alkanes of at least 4 members (excludes halogenated alkanes) is 6. The highest BCUT2D eigenvalue weighted by Gasteiger charge is 2.12. The number of carboxylic acids is 1. The van der Waals surface area contributed by atoms with Gasteiger partial charge in [0, 0.05) is 6.42 Å². The number of aryl methyl sites for hydroxylation is 2. The zero-order valence-corrected chi connectivity index (χ0v) is 22.6. The maximum Gasteiger partial charge on any atom is 0.303 e. The Balaban J connectivity index is 2.97. The summed E-state index contributed by atoms with van der Waals surface area (Å²) in [5.41, 5.74) is 4.89. The van der Waals surface area contributed by atoms with Gasteiger partial charge in [0.1, 0.15) is 0 Å². The van der Waals surface area contributed by atoms with Crippen molar-refractivity contribution in [3.8, 4) is 0 Å². The van der Waals surface area contributed by atoms with Gasteiger partial charge in [-0.05, 0) is 68.1 Å². The smallest absolute Gasteiger partial charge is 0.303 e. The van der Waals surface area contributed by atoms with Crippen LogP contribution in [0.15, 0.2) is 47.6 Å². The number of carboxylic acid groups (broad SMARTS) is 1. The van der Waals surface area contributed by atoms with Crippen LogP contribution in [0.2, 0.25) is 0 Å². The molecule has 0 heterocycles. The third kappa shape index (κ3) is 15.2. The lowest BCUT2D eigenvalue weighted by atomic mass is 9.91. The van der Waals surface area contributed by atoms with Crippen LogP contribution < -0.4 is 0 Å². The van der Waals surface area contributed by atoms with Crippen LogP contribution in [0.5, 0.6) is 0 Å². The molecule has 2 unspecified atom stereocenters. The quantitative estimate of drug-likeness (QED) is 0.113. The number of allylic oxidation sites excluding steroid dienone is 2. The first-order valence-electron chi connectivity index (χ1n) is 14.0. The van der Waals surface area contributed by atoms with Crippen molar-refractivity contribution in [3.05, 3.63) is 58.7 Å². The van der Waals surface area contributed by atoms with Gasteiger partial charge in [-0.1, -0.05) is 94.4 Å². The Morgan fingerprint density at radius 1 is 0.917 bits per heavy atom. The SMILES string of the molecule is CCCCCC(O)C=CC(CCc1cccc(CC)c1)=C(CCCCCCCC(=O)O)CC(O)CO. The van der Waals surface area contributed by atoms with Crippen molar-refractivity contribution in [1.82, 2.24) is 0 Å². The minimum Gasteiger partial charge on any atom is -0.481 e. The number of carbonyl (C=O) groups is 1. The summed E-state index contributed by atoms with van der Waals surface area (Å²) >= 11 is 0. The second-order valence-corrected chi connectivity index (χ2v) is 9.93. The predicted octanol–water partition coefficient (Wildman–Crippen LogP) is 6.53. The van der Waals surface area contributed by atoms with Crippen molar-refractivity contribution in [3.63, 3.8) is 0 Å². The normalized spacial score (nSPS) is 14.1. The maximum atomic E-state index is 10.7. The van der Waals surface area contributed by atoms with E-state index in [-0.39, 0.29) is 13.0 Å². The van der Waals surface area contributed by atoms with Crippen molar-refractivity contribution in [2.45, 2.75) is 122 Å². The van der Waals surface area contributed by atoms with Crippen molar-refractivity contribution >= 4 is 5.97 Å². The molecule has 0 saturated heterocycles. The summed E-state index contributed by atoms with van der Waals surface area (Å²) in [4.78, 5) is 10.7. The highest BCUT2D eigenvalue weighted by Crippen LogP contribution is 2.25. The molecule has 0 saturated carbocycles. The van der Waals surface area contributed by atoms with Crippen molar-refractivity contribution in [2.75, 3.05) is 6.61 Å². The Morgan fingerprint density at radius 3 is 2.28 bits per heavy atom. The Labute approximate surface area is 219 Å². The summed E-state index contributed by atoms with van der Waals surface area (Å²) in [6.07, 6.45) is 15.4. The number of aliphatic hydroxyl groups is 3. The van der Waals surface area contributed by atoms with Gasteiger partial charge < -0.3 is 20.4 Å². The molecule has 4 N–H and O–H groups in total. The van der Waals surface area contributed by atoms with Crippen LogP contribution in [0.3, 0.4) is 0 Å². The zero-order chi connectivity index (χ0) is 26.6. The summed E-state index contributed by atoms with van der Waals surface area (Å²) < 4.78 is 0. The summed E-state index contributed by atoms with van der Waals surface area (Å²) in [6, 6.07) is 8.65. The predicted molar refractivity (Wildman–Crippen MR) is 148 cm³/mol. The van der Waals surface area contributed by atoms with E-state index in [0.717, 1.165) is 88.2 Å². The molecular formula is C31H50O5. The molecule has 0 radical (unpaired) electrons. The van der Waals surface area contributed by atoms with Gasteiger partial charge >= 0.3 is 5.97 Å². The van der Waals surface area contributed by atoms with Crippen LogP contribution in [-0.4, -0.2) is 45.2 Å². The average Bonchev–Trinajstić information content (AvgIpc) is 2.87. The lowest BCUT2D eigenvalue weighted by molar-refractivity contribution is -0.137. The monoisotopic (exact) mass is 502 g/mol. The summed E-state index contributed by atoms with van der Waals surface area (Å²) in [5.74, 6) is -0.740. The highest BCUT2D eigenvalue weighted by molar-refractivity contribution is 5.66. The fraction of sp³-hybridized carbons (Fsp3) is 0.645. The fourth-order valence-corrected chi connectivity index (χ4v) is 4.48. The van der Waals surface area contributed by atoms with E-state index < -0.39 is 18.2 Å². The summed E-state index contributed by atoms with van der Waals surface area (Å²) in [6.45, 7) is 4.04. The van der Waals surface area contributed by atoms with Crippen molar-refractivity contribution in [2.24, 2.45) is 0 Å². The van der Waals surface area contributed by atoms with Gasteiger partial charge in [-0.3, -0.25) is 4.79 Å². The molecule has 204 valence electrons. The number of rotatable bonds is 21. The molecule has 0 fully saturated rings. The molecule has 0 aliphatic heterocycles. The van der Waals surface area contributed by atoms with Gasteiger partial charge in [-0.2, -0.15) is 0 Å². The zero-order valence-electron chi connectivity index (χ0n) is 22.6. The Morgan fingerprint density at radius 2 is 1.61 bits per heavy atom. The van der Waals surface area contributed by atoms with Gasteiger partial charge in [0.25, 0.3) is 0 Å². The molecule has 0 amide bonds. The van der Waals surface area contributed by atoms with E-state index in [4.69, 9.17) is 5.11 Å². The highest BCUT2D eigenvalue weighted by atomic mass is 16.4. The minimum absolute atomic E-state index is 0.225. The van der Waals surface area contributed by atoms with Crippen LogP contribution in [-0.2, 0) is 17.6 Å². The number of benzene rings is 1. The van der Waals surface area contributed by atoms with E-state index in [1.165, 1.54) is 11.1 Å². The second-order valence-electron chi connectivity index (χ2n) is 9.93. The Kier molecular flexibility index (Phi) is 18.0. The Hall–Kier alpha value is -1.95. The molecular weight excluding hydrogens is 452 g/mol. The Bertz CT molecular complexity index is 783. The summed E-state index contributed by atoms with van der Waals surface area (Å²) in [5, 5.41) is 39.0. The maximum absolute atomic E-state index is 10.7. The second kappa shape index (κ2) is 20.1. The molecule has 5 nitrogen and oxygen atoms in total. The third-order valence-corrected chi connectivity index (χ3v) is 6.72. The molecule has 1 rings (SSSR count). The van der Waals surface area contributed by atoms with E-state index >= 15 is 0 Å². The molecule has 5 heteroatoms. The minimum atomic E-state index is -0.795. The number of hydrogen-bond donors (Lipinski definition) is 4. The van der Waals surface area contributed by atoms with E-state index in [1.54, 1.807) is 0 Å². The van der Waals surface area contributed by atoms with Gasteiger partial charge in [0.15, 0.2) is 0 Å². The molecule has 0 aliphatic carbocycles. The molecule has 2 atom stereocenters. The third-order valence-electron chi connectivity index (χ3n) is 6.72. The van der Waals surface area contributed by atoms with Gasteiger partial charge in [0.05, 0.1) is 18.8 Å². The largest absolute Gasteiger partial charge is 0.481 e. The first-order chi connectivity index (χ1) is 17.4. The van der Waals surface area contributed by atoms with E-state index in [0.29, 0.717) is 12.8 Å². The number of aliphatic carboxylic acids is 1. The molecule has 0 aromatic heterocycles. The number of hydrogen-bond acceptors (Lipinski definition) is 4. The van der Waals surface area contributed by atoms with Gasteiger partial charge in [-0.25, -0.2) is 0 Å². The van der Waals surface area contributed by atoms with Gasteiger partial charge in [-0.15, -0.1) is 0 Å². The molecule has 1 aromatic rings. The molecule has 36 heavy (non-hydrogen) atoms.